The van der Waals surface area contributed by atoms with Crippen molar-refractivity contribution in [3.05, 3.63) is 28.0 Å². The van der Waals surface area contributed by atoms with Gasteiger partial charge in [-0.3, -0.25) is 5.10 Å². The average molecular weight is 319 g/mol. The lowest BCUT2D eigenvalue weighted by Gasteiger charge is -2.28. The van der Waals surface area contributed by atoms with Gasteiger partial charge in [-0.25, -0.2) is 0 Å². The summed E-state index contributed by atoms with van der Waals surface area (Å²) in [6.07, 6.45) is 0. The molecule has 0 bridgehead atoms. The number of benzene rings is 1. The van der Waals surface area contributed by atoms with E-state index in [4.69, 9.17) is 12.2 Å². The van der Waals surface area contributed by atoms with Gasteiger partial charge < -0.3 is 9.67 Å². The highest BCUT2D eigenvalue weighted by Gasteiger charge is 2.27. The molecule has 2 rings (SSSR count). The van der Waals surface area contributed by atoms with E-state index >= 15 is 0 Å². The van der Waals surface area contributed by atoms with Crippen molar-refractivity contribution in [3.63, 3.8) is 0 Å². The summed E-state index contributed by atoms with van der Waals surface area (Å²) in [6, 6.07) is 4.02. The van der Waals surface area contributed by atoms with Crippen LogP contribution in [0.25, 0.3) is 11.4 Å². The van der Waals surface area contributed by atoms with Gasteiger partial charge in [0.2, 0.25) is 0 Å². The zero-order valence-electron chi connectivity index (χ0n) is 14.4. The van der Waals surface area contributed by atoms with E-state index in [1.54, 1.807) is 0 Å². The van der Waals surface area contributed by atoms with Crippen LogP contribution in [0.4, 0.5) is 0 Å². The van der Waals surface area contributed by atoms with Crippen LogP contribution in [0.1, 0.15) is 52.7 Å². The fourth-order valence-electron chi connectivity index (χ4n) is 2.51. The van der Waals surface area contributed by atoms with Crippen LogP contribution in [0.5, 0.6) is 5.75 Å². The molecule has 0 fully saturated rings. The van der Waals surface area contributed by atoms with Crippen LogP contribution in [-0.4, -0.2) is 19.9 Å². The van der Waals surface area contributed by atoms with E-state index in [1.165, 1.54) is 0 Å². The number of hydrogen-bond acceptors (Lipinski definition) is 3. The van der Waals surface area contributed by atoms with Crippen molar-refractivity contribution in [1.29, 1.82) is 0 Å². The van der Waals surface area contributed by atoms with Gasteiger partial charge in [0.1, 0.15) is 5.75 Å². The third kappa shape index (κ3) is 2.95. The maximum Gasteiger partial charge on any atom is 0.195 e. The lowest BCUT2D eigenvalue weighted by molar-refractivity contribution is 0.423. The van der Waals surface area contributed by atoms with E-state index in [1.807, 2.05) is 23.7 Å². The summed E-state index contributed by atoms with van der Waals surface area (Å²) in [5.74, 6) is 1.15. The summed E-state index contributed by atoms with van der Waals surface area (Å²) in [4.78, 5) is 0. The number of aromatic nitrogens is 3. The zero-order chi connectivity index (χ0) is 16.9. The van der Waals surface area contributed by atoms with Gasteiger partial charge in [-0.2, -0.15) is 5.10 Å². The van der Waals surface area contributed by atoms with Gasteiger partial charge in [0, 0.05) is 23.7 Å². The molecule has 2 N–H and O–H groups in total. The second-order valence-corrected chi connectivity index (χ2v) is 8.22. The van der Waals surface area contributed by atoms with E-state index in [9.17, 15) is 5.11 Å². The van der Waals surface area contributed by atoms with Crippen LogP contribution in [-0.2, 0) is 17.9 Å². The summed E-state index contributed by atoms with van der Waals surface area (Å²) >= 11 is 5.21. The maximum atomic E-state index is 10.8. The third-order valence-corrected chi connectivity index (χ3v) is 4.23. The molecular formula is C17H25N3OS. The molecule has 5 heteroatoms. The highest BCUT2D eigenvalue weighted by Crippen LogP contribution is 2.41. The van der Waals surface area contributed by atoms with Gasteiger partial charge in [-0.1, -0.05) is 41.5 Å². The van der Waals surface area contributed by atoms with Crippen molar-refractivity contribution in [2.45, 2.75) is 52.4 Å². The Kier molecular flexibility index (Phi) is 3.98. The topological polar surface area (TPSA) is 53.8 Å². The van der Waals surface area contributed by atoms with Gasteiger partial charge in [0.05, 0.1) is 0 Å². The Hall–Kier alpha value is -1.62. The molecule has 0 amide bonds. The Morgan fingerprint density at radius 3 is 1.82 bits per heavy atom. The molecule has 0 aliphatic heterocycles. The average Bonchev–Trinajstić information content (AvgIpc) is 2.68. The number of aromatic hydroxyl groups is 1. The Bertz CT molecular complexity index is 722. The van der Waals surface area contributed by atoms with E-state index in [2.05, 4.69) is 51.7 Å². The lowest BCUT2D eigenvalue weighted by atomic mass is 9.78. The van der Waals surface area contributed by atoms with Crippen LogP contribution < -0.4 is 0 Å². The first-order valence-electron chi connectivity index (χ1n) is 7.42. The summed E-state index contributed by atoms with van der Waals surface area (Å²) in [7, 11) is 1.89. The monoisotopic (exact) mass is 319 g/mol. The molecule has 1 aromatic carbocycles. The summed E-state index contributed by atoms with van der Waals surface area (Å²) in [5, 5.41) is 17.9. The van der Waals surface area contributed by atoms with Crippen LogP contribution in [0.2, 0.25) is 0 Å². The van der Waals surface area contributed by atoms with E-state index in [0.717, 1.165) is 22.5 Å². The molecule has 0 radical (unpaired) electrons. The minimum atomic E-state index is -0.161. The van der Waals surface area contributed by atoms with E-state index < -0.39 is 0 Å². The Labute approximate surface area is 137 Å². The molecule has 1 heterocycles. The molecule has 0 aliphatic rings. The third-order valence-electron chi connectivity index (χ3n) is 3.86. The molecule has 0 spiro atoms. The number of H-pyrrole nitrogens is 1. The molecular weight excluding hydrogens is 294 g/mol. The van der Waals surface area contributed by atoms with Crippen molar-refractivity contribution >= 4 is 12.2 Å². The fraction of sp³-hybridized carbons (Fsp3) is 0.529. The number of rotatable bonds is 1. The van der Waals surface area contributed by atoms with Crippen molar-refractivity contribution in [1.82, 2.24) is 14.8 Å². The summed E-state index contributed by atoms with van der Waals surface area (Å²) < 4.78 is 2.43. The number of nitrogens with zero attached hydrogens (tertiary/aromatic N) is 2. The molecule has 0 aliphatic carbocycles. The number of phenols is 1. The smallest absolute Gasteiger partial charge is 0.195 e. The molecule has 0 saturated carbocycles. The van der Waals surface area contributed by atoms with E-state index in [-0.39, 0.29) is 10.8 Å². The lowest BCUT2D eigenvalue weighted by Crippen LogP contribution is -2.17. The second-order valence-electron chi connectivity index (χ2n) is 7.83. The van der Waals surface area contributed by atoms with Gasteiger partial charge in [0.25, 0.3) is 0 Å². The van der Waals surface area contributed by atoms with Crippen LogP contribution in [0.3, 0.4) is 0 Å². The summed E-state index contributed by atoms with van der Waals surface area (Å²) in [6.45, 7) is 12.6. The van der Waals surface area contributed by atoms with Gasteiger partial charge in [-0.05, 0) is 35.2 Å². The normalized spacial score (nSPS) is 12.7. The van der Waals surface area contributed by atoms with Gasteiger partial charge >= 0.3 is 0 Å². The van der Waals surface area contributed by atoms with Crippen molar-refractivity contribution in [2.24, 2.45) is 7.05 Å². The van der Waals surface area contributed by atoms with Crippen LogP contribution in [0, 0.1) is 4.77 Å². The standard InChI is InChI=1S/C17H25N3OS/c1-16(2,3)11-8-10(14-18-19-15(22)20(14)7)9-12(13(11)21)17(4,5)6/h8-9,21H,1-7H3,(H,19,22). The largest absolute Gasteiger partial charge is 0.507 e. The number of nitrogens with one attached hydrogen (secondary N) is 1. The highest BCUT2D eigenvalue weighted by molar-refractivity contribution is 7.71. The SMILES string of the molecule is Cn1c(-c2cc(C(C)(C)C)c(O)c(C(C)(C)C)c2)n[nH]c1=S. The molecule has 4 nitrogen and oxygen atoms in total. The van der Waals surface area contributed by atoms with E-state index in [0.29, 0.717) is 10.5 Å². The summed E-state index contributed by atoms with van der Waals surface area (Å²) in [5.41, 5.74) is 2.48. The fourth-order valence-corrected chi connectivity index (χ4v) is 2.64. The minimum absolute atomic E-state index is 0.161. The first-order chi connectivity index (χ1) is 9.93. The predicted octanol–water partition coefficient (Wildman–Crippen LogP) is 4.45. The molecule has 2 aromatic rings. The Morgan fingerprint density at radius 2 is 1.50 bits per heavy atom. The molecule has 120 valence electrons. The second kappa shape index (κ2) is 5.23. The Balaban J connectivity index is 2.82. The number of aromatic amines is 1. The van der Waals surface area contributed by atoms with Crippen LogP contribution in [0.15, 0.2) is 12.1 Å². The number of phenolic OH excluding ortho intramolecular Hbond substituents is 1. The van der Waals surface area contributed by atoms with Crippen molar-refractivity contribution < 1.29 is 5.11 Å². The molecule has 0 atom stereocenters. The Morgan fingerprint density at radius 1 is 1.05 bits per heavy atom. The molecule has 22 heavy (non-hydrogen) atoms. The quantitative estimate of drug-likeness (QED) is 0.764. The van der Waals surface area contributed by atoms with Crippen molar-refractivity contribution in [2.75, 3.05) is 0 Å². The minimum Gasteiger partial charge on any atom is -0.507 e. The number of hydrogen-bond donors (Lipinski definition) is 2. The van der Waals surface area contributed by atoms with Crippen molar-refractivity contribution in [3.8, 4) is 17.1 Å². The predicted molar refractivity (Wildman–Crippen MR) is 92.9 cm³/mol. The zero-order valence-corrected chi connectivity index (χ0v) is 15.2. The van der Waals surface area contributed by atoms with Gasteiger partial charge in [-0.15, -0.1) is 0 Å². The van der Waals surface area contributed by atoms with Gasteiger partial charge in [0.15, 0.2) is 10.6 Å². The molecule has 1 aromatic heterocycles. The molecule has 0 unspecified atom stereocenters. The first kappa shape index (κ1) is 16.7. The first-order valence-corrected chi connectivity index (χ1v) is 7.83. The maximum absolute atomic E-state index is 10.8. The molecule has 0 saturated heterocycles. The van der Waals surface area contributed by atoms with Crippen LogP contribution >= 0.6 is 12.2 Å². The highest BCUT2D eigenvalue weighted by atomic mass is 32.1.